The first-order valence-electron chi connectivity index (χ1n) is 6.81. The minimum atomic E-state index is -4.46. The normalized spacial score (nSPS) is 11.5. The van der Waals surface area contributed by atoms with Gasteiger partial charge < -0.3 is 9.26 Å². The summed E-state index contributed by atoms with van der Waals surface area (Å²) in [4.78, 5) is 3.96. The largest absolute Gasteiger partial charge is 0.481 e. The molecule has 24 heavy (non-hydrogen) atoms. The fourth-order valence-corrected chi connectivity index (χ4v) is 1.97. The van der Waals surface area contributed by atoms with Crippen LogP contribution in [-0.2, 0) is 12.8 Å². The number of nitrogens with zero attached hydrogens (tertiary/aromatic N) is 2. The molecule has 0 amide bonds. The third-order valence-electron chi connectivity index (χ3n) is 3.10. The van der Waals surface area contributed by atoms with Gasteiger partial charge in [-0.15, -0.1) is 0 Å². The Kier molecular flexibility index (Phi) is 4.20. The molecule has 3 rings (SSSR count). The molecule has 124 valence electrons. The highest BCUT2D eigenvalue weighted by atomic mass is 19.4. The molecule has 0 saturated heterocycles. The summed E-state index contributed by atoms with van der Waals surface area (Å²) in [5, 5.41) is 3.62. The molecule has 0 atom stereocenters. The number of benzene rings is 2. The Morgan fingerprint density at radius 1 is 1.04 bits per heavy atom. The third kappa shape index (κ3) is 3.53. The average Bonchev–Trinajstić information content (AvgIpc) is 3.02. The minimum absolute atomic E-state index is 0.00627. The van der Waals surface area contributed by atoms with E-state index in [1.807, 2.05) is 0 Å². The number of aromatic nitrogens is 2. The Bertz CT molecular complexity index is 846. The molecule has 4 nitrogen and oxygen atoms in total. The Morgan fingerprint density at radius 3 is 2.58 bits per heavy atom. The zero-order chi connectivity index (χ0) is 17.2. The Balaban J connectivity index is 1.75. The van der Waals surface area contributed by atoms with Crippen LogP contribution in [0.25, 0.3) is 11.4 Å². The topological polar surface area (TPSA) is 48.2 Å². The first-order chi connectivity index (χ1) is 11.4. The molecule has 0 saturated carbocycles. The highest BCUT2D eigenvalue weighted by Crippen LogP contribution is 2.31. The summed E-state index contributed by atoms with van der Waals surface area (Å²) in [6.07, 6.45) is -4.46. The molecule has 0 aliphatic rings. The second-order valence-electron chi connectivity index (χ2n) is 4.81. The van der Waals surface area contributed by atoms with E-state index in [0.717, 1.165) is 12.1 Å². The van der Waals surface area contributed by atoms with Gasteiger partial charge in [-0.3, -0.25) is 0 Å². The maximum absolute atomic E-state index is 13.4. The van der Waals surface area contributed by atoms with E-state index in [1.165, 1.54) is 30.3 Å². The second kappa shape index (κ2) is 6.31. The van der Waals surface area contributed by atoms with Gasteiger partial charge in [0, 0.05) is 5.56 Å². The number of rotatable bonds is 4. The number of ether oxygens (including phenoxy) is 1. The quantitative estimate of drug-likeness (QED) is 0.659. The van der Waals surface area contributed by atoms with Gasteiger partial charge >= 0.3 is 6.18 Å². The maximum atomic E-state index is 13.4. The van der Waals surface area contributed by atoms with Crippen LogP contribution in [0.1, 0.15) is 11.5 Å². The maximum Gasteiger partial charge on any atom is 0.416 e. The number of hydrogen-bond donors (Lipinski definition) is 0. The zero-order valence-electron chi connectivity index (χ0n) is 12.0. The molecule has 2 aromatic carbocycles. The van der Waals surface area contributed by atoms with Crippen molar-refractivity contribution < 1.29 is 26.8 Å². The lowest BCUT2D eigenvalue weighted by Gasteiger charge is -2.06. The van der Waals surface area contributed by atoms with Crippen LogP contribution < -0.4 is 4.74 Å². The smallest absolute Gasteiger partial charge is 0.416 e. The third-order valence-corrected chi connectivity index (χ3v) is 3.10. The van der Waals surface area contributed by atoms with Crippen molar-refractivity contribution in [3.05, 3.63) is 65.8 Å². The van der Waals surface area contributed by atoms with E-state index >= 15 is 0 Å². The van der Waals surface area contributed by atoms with E-state index in [9.17, 15) is 17.6 Å². The van der Waals surface area contributed by atoms with Crippen LogP contribution in [0.3, 0.4) is 0 Å². The fourth-order valence-electron chi connectivity index (χ4n) is 1.97. The molecule has 0 unspecified atom stereocenters. The number of halogens is 4. The number of para-hydroxylation sites is 1. The summed E-state index contributed by atoms with van der Waals surface area (Å²) in [6.45, 7) is -0.201. The van der Waals surface area contributed by atoms with Gasteiger partial charge in [0.05, 0.1) is 5.56 Å². The predicted molar refractivity (Wildman–Crippen MR) is 75.5 cm³/mol. The predicted octanol–water partition coefficient (Wildman–Crippen LogP) is 4.47. The molecular weight excluding hydrogens is 328 g/mol. The SMILES string of the molecule is Fc1ccccc1OCc1nc(-c2cccc(C(F)(F)F)c2)no1. The van der Waals surface area contributed by atoms with Gasteiger partial charge in [0.25, 0.3) is 5.89 Å². The van der Waals surface area contributed by atoms with Gasteiger partial charge in [-0.2, -0.15) is 18.2 Å². The van der Waals surface area contributed by atoms with Crippen molar-refractivity contribution in [1.82, 2.24) is 10.1 Å². The van der Waals surface area contributed by atoms with Gasteiger partial charge in [0.15, 0.2) is 18.2 Å². The van der Waals surface area contributed by atoms with Crippen LogP contribution in [0.2, 0.25) is 0 Å². The van der Waals surface area contributed by atoms with E-state index in [-0.39, 0.29) is 29.6 Å². The van der Waals surface area contributed by atoms with Crippen molar-refractivity contribution in [1.29, 1.82) is 0 Å². The zero-order valence-corrected chi connectivity index (χ0v) is 12.0. The fraction of sp³-hybridized carbons (Fsp3) is 0.125. The van der Waals surface area contributed by atoms with Gasteiger partial charge in [0.2, 0.25) is 5.82 Å². The average molecular weight is 338 g/mol. The molecule has 8 heteroatoms. The van der Waals surface area contributed by atoms with Crippen molar-refractivity contribution >= 4 is 0 Å². The van der Waals surface area contributed by atoms with Crippen molar-refractivity contribution in [2.45, 2.75) is 12.8 Å². The van der Waals surface area contributed by atoms with Crippen molar-refractivity contribution in [3.8, 4) is 17.1 Å². The lowest BCUT2D eigenvalue weighted by Crippen LogP contribution is -2.04. The number of hydrogen-bond acceptors (Lipinski definition) is 4. The highest BCUT2D eigenvalue weighted by Gasteiger charge is 2.30. The molecule has 0 spiro atoms. The van der Waals surface area contributed by atoms with Crippen LogP contribution in [0.4, 0.5) is 17.6 Å². The molecule has 0 bridgehead atoms. The van der Waals surface area contributed by atoms with Crippen LogP contribution in [0, 0.1) is 5.82 Å². The van der Waals surface area contributed by atoms with E-state index in [4.69, 9.17) is 9.26 Å². The van der Waals surface area contributed by atoms with E-state index in [0.29, 0.717) is 0 Å². The minimum Gasteiger partial charge on any atom is -0.481 e. The van der Waals surface area contributed by atoms with Gasteiger partial charge in [0.1, 0.15) is 0 Å². The Labute approximate surface area is 133 Å². The molecule has 1 aromatic heterocycles. The molecule has 0 radical (unpaired) electrons. The van der Waals surface area contributed by atoms with Crippen LogP contribution in [-0.4, -0.2) is 10.1 Å². The van der Waals surface area contributed by atoms with E-state index in [1.54, 1.807) is 6.07 Å². The number of alkyl halides is 3. The van der Waals surface area contributed by atoms with Crippen LogP contribution in [0.5, 0.6) is 5.75 Å². The first kappa shape index (κ1) is 16.0. The molecule has 0 aliphatic heterocycles. The summed E-state index contributed by atoms with van der Waals surface area (Å²) in [6, 6.07) is 10.3. The van der Waals surface area contributed by atoms with E-state index in [2.05, 4.69) is 10.1 Å². The summed E-state index contributed by atoms with van der Waals surface area (Å²) < 4.78 is 61.7. The molecule has 0 aliphatic carbocycles. The highest BCUT2D eigenvalue weighted by molar-refractivity contribution is 5.55. The first-order valence-corrected chi connectivity index (χ1v) is 6.81. The summed E-state index contributed by atoms with van der Waals surface area (Å²) in [5.41, 5.74) is -0.653. The summed E-state index contributed by atoms with van der Waals surface area (Å²) in [7, 11) is 0. The van der Waals surface area contributed by atoms with Crippen molar-refractivity contribution in [3.63, 3.8) is 0 Å². The van der Waals surface area contributed by atoms with Gasteiger partial charge in [-0.05, 0) is 24.3 Å². The van der Waals surface area contributed by atoms with Crippen molar-refractivity contribution in [2.75, 3.05) is 0 Å². The monoisotopic (exact) mass is 338 g/mol. The lowest BCUT2D eigenvalue weighted by molar-refractivity contribution is -0.137. The summed E-state index contributed by atoms with van der Waals surface area (Å²) in [5.74, 6) is -0.523. The molecule has 1 heterocycles. The molecule has 3 aromatic rings. The van der Waals surface area contributed by atoms with E-state index < -0.39 is 17.6 Å². The van der Waals surface area contributed by atoms with Crippen LogP contribution >= 0.6 is 0 Å². The molecular formula is C16H10F4N2O2. The second-order valence-corrected chi connectivity index (χ2v) is 4.81. The molecule has 0 N–H and O–H groups in total. The summed E-state index contributed by atoms with van der Waals surface area (Å²) >= 11 is 0. The Hall–Kier alpha value is -2.90. The Morgan fingerprint density at radius 2 is 1.83 bits per heavy atom. The van der Waals surface area contributed by atoms with Gasteiger partial charge in [-0.1, -0.05) is 29.4 Å². The van der Waals surface area contributed by atoms with Gasteiger partial charge in [-0.25, -0.2) is 4.39 Å². The van der Waals surface area contributed by atoms with Crippen LogP contribution in [0.15, 0.2) is 53.1 Å². The lowest BCUT2D eigenvalue weighted by atomic mass is 10.1. The molecule has 0 fully saturated rings. The van der Waals surface area contributed by atoms with Crippen molar-refractivity contribution in [2.24, 2.45) is 0 Å². The standard InChI is InChI=1S/C16H10F4N2O2/c17-12-6-1-2-7-13(12)23-9-14-21-15(22-24-14)10-4-3-5-11(8-10)16(18,19)20/h1-8H,9H2.